The summed E-state index contributed by atoms with van der Waals surface area (Å²) in [6, 6.07) is 4.73. The van der Waals surface area contributed by atoms with Gasteiger partial charge in [0.1, 0.15) is 6.04 Å². The first-order valence-electron chi connectivity index (χ1n) is 6.89. The zero-order valence-electron chi connectivity index (χ0n) is 12.5. The highest BCUT2D eigenvalue weighted by atomic mass is 35.5. The Kier molecular flexibility index (Phi) is 6.99. The Morgan fingerprint density at radius 2 is 1.90 bits per heavy atom. The van der Waals surface area contributed by atoms with Gasteiger partial charge in [0.15, 0.2) is 0 Å². The summed E-state index contributed by atoms with van der Waals surface area (Å²) in [5.41, 5.74) is 0.841. The largest absolute Gasteiger partial charge is 0.357 e. The van der Waals surface area contributed by atoms with Gasteiger partial charge in [0, 0.05) is 20.0 Å². The molecular formula is C15H20Cl2N2O2. The van der Waals surface area contributed by atoms with Gasteiger partial charge in [0.2, 0.25) is 11.8 Å². The van der Waals surface area contributed by atoms with Gasteiger partial charge < -0.3 is 10.2 Å². The van der Waals surface area contributed by atoms with E-state index in [1.807, 2.05) is 6.92 Å². The van der Waals surface area contributed by atoms with E-state index in [0.29, 0.717) is 29.4 Å². The molecule has 0 aliphatic heterocycles. The average molecular weight is 331 g/mol. The second kappa shape index (κ2) is 8.25. The molecule has 0 radical (unpaired) electrons. The highest BCUT2D eigenvalue weighted by Gasteiger charge is 2.26. The van der Waals surface area contributed by atoms with Gasteiger partial charge in [-0.1, -0.05) is 43.1 Å². The number of carbonyl (C=O) groups is 2. The molecule has 21 heavy (non-hydrogen) atoms. The van der Waals surface area contributed by atoms with Crippen LogP contribution in [0.2, 0.25) is 10.0 Å². The van der Waals surface area contributed by atoms with E-state index < -0.39 is 6.04 Å². The molecule has 1 N–H and O–H groups in total. The molecule has 0 aliphatic carbocycles. The van der Waals surface area contributed by atoms with Gasteiger partial charge in [-0.15, -0.1) is 0 Å². The van der Waals surface area contributed by atoms with Crippen LogP contribution >= 0.6 is 23.2 Å². The summed E-state index contributed by atoms with van der Waals surface area (Å²) in [5, 5.41) is 3.50. The van der Waals surface area contributed by atoms with E-state index in [2.05, 4.69) is 5.32 Å². The maximum atomic E-state index is 12.2. The van der Waals surface area contributed by atoms with Crippen LogP contribution in [0.1, 0.15) is 32.3 Å². The molecule has 4 nitrogen and oxygen atoms in total. The average Bonchev–Trinajstić information content (AvgIpc) is 2.49. The molecule has 1 aromatic carbocycles. The van der Waals surface area contributed by atoms with Gasteiger partial charge >= 0.3 is 0 Å². The highest BCUT2D eigenvalue weighted by molar-refractivity contribution is 6.42. The van der Waals surface area contributed by atoms with E-state index in [1.54, 1.807) is 37.1 Å². The Morgan fingerprint density at radius 3 is 2.38 bits per heavy atom. The van der Waals surface area contributed by atoms with Crippen LogP contribution in [0.15, 0.2) is 18.2 Å². The van der Waals surface area contributed by atoms with Crippen molar-refractivity contribution in [3.63, 3.8) is 0 Å². The van der Waals surface area contributed by atoms with Crippen LogP contribution in [0.25, 0.3) is 0 Å². The predicted molar refractivity (Wildman–Crippen MR) is 85.4 cm³/mol. The zero-order chi connectivity index (χ0) is 16.0. The lowest BCUT2D eigenvalue weighted by Crippen LogP contribution is -2.48. The molecular weight excluding hydrogens is 311 g/mol. The molecule has 0 saturated heterocycles. The number of amides is 2. The van der Waals surface area contributed by atoms with Gasteiger partial charge in [0.05, 0.1) is 10.0 Å². The fourth-order valence-corrected chi connectivity index (χ4v) is 2.44. The molecule has 1 atom stereocenters. The third-order valence-electron chi connectivity index (χ3n) is 3.27. The number of nitrogens with zero attached hydrogens (tertiary/aromatic N) is 1. The zero-order valence-corrected chi connectivity index (χ0v) is 14.0. The maximum absolute atomic E-state index is 12.2. The van der Waals surface area contributed by atoms with Crippen LogP contribution in [0.5, 0.6) is 0 Å². The monoisotopic (exact) mass is 330 g/mol. The molecule has 2 amide bonds. The number of hydrogen-bond donors (Lipinski definition) is 1. The standard InChI is InChI=1S/C15H20Cl2N2O2/c1-4-13(15(21)18-3)19(14(20)5-2)9-10-6-7-11(16)12(17)8-10/h6-8,13H,4-5,9H2,1-3H3,(H,18,21)/t13-/m0/s1. The summed E-state index contributed by atoms with van der Waals surface area (Å²) >= 11 is 11.9. The lowest BCUT2D eigenvalue weighted by Gasteiger charge is -2.30. The molecule has 116 valence electrons. The number of carbonyl (C=O) groups excluding carboxylic acids is 2. The summed E-state index contributed by atoms with van der Waals surface area (Å²) < 4.78 is 0. The normalized spacial score (nSPS) is 11.9. The summed E-state index contributed by atoms with van der Waals surface area (Å²) in [5.74, 6) is -0.240. The highest BCUT2D eigenvalue weighted by Crippen LogP contribution is 2.24. The quantitative estimate of drug-likeness (QED) is 0.870. The van der Waals surface area contributed by atoms with Gasteiger partial charge in [-0.25, -0.2) is 0 Å². The van der Waals surface area contributed by atoms with Crippen LogP contribution in [0, 0.1) is 0 Å². The third kappa shape index (κ3) is 4.61. The molecule has 0 saturated carbocycles. The fourth-order valence-electron chi connectivity index (χ4n) is 2.12. The SMILES string of the molecule is CCC(=O)N(Cc1ccc(Cl)c(Cl)c1)[C@@H](CC)C(=O)NC. The second-order valence-corrected chi connectivity index (χ2v) is 5.48. The minimum atomic E-state index is -0.489. The maximum Gasteiger partial charge on any atom is 0.242 e. The molecule has 1 rings (SSSR count). The Bertz CT molecular complexity index is 520. The van der Waals surface area contributed by atoms with Crippen molar-refractivity contribution < 1.29 is 9.59 Å². The van der Waals surface area contributed by atoms with Crippen LogP contribution in [0.3, 0.4) is 0 Å². The molecule has 0 unspecified atom stereocenters. The molecule has 0 fully saturated rings. The van der Waals surface area contributed by atoms with E-state index in [0.717, 1.165) is 5.56 Å². The van der Waals surface area contributed by atoms with Crippen LogP contribution in [-0.2, 0) is 16.1 Å². The molecule has 6 heteroatoms. The van der Waals surface area contributed by atoms with E-state index in [4.69, 9.17) is 23.2 Å². The topological polar surface area (TPSA) is 49.4 Å². The third-order valence-corrected chi connectivity index (χ3v) is 4.01. The summed E-state index contributed by atoms with van der Waals surface area (Å²) in [6.07, 6.45) is 0.890. The summed E-state index contributed by atoms with van der Waals surface area (Å²) in [7, 11) is 1.57. The van der Waals surface area contributed by atoms with Gasteiger partial charge in [-0.2, -0.15) is 0 Å². The molecule has 1 aromatic rings. The van der Waals surface area contributed by atoms with Crippen molar-refractivity contribution in [3.05, 3.63) is 33.8 Å². The number of hydrogen-bond acceptors (Lipinski definition) is 2. The first kappa shape index (κ1) is 17.8. The fraction of sp³-hybridized carbons (Fsp3) is 0.467. The Hall–Kier alpha value is -1.26. The van der Waals surface area contributed by atoms with Crippen molar-refractivity contribution >= 4 is 35.0 Å². The van der Waals surface area contributed by atoms with E-state index in [1.165, 1.54) is 0 Å². The number of likely N-dealkylation sites (N-methyl/N-ethyl adjacent to an activating group) is 1. The van der Waals surface area contributed by atoms with Crippen LogP contribution < -0.4 is 5.32 Å². The van der Waals surface area contributed by atoms with Crippen molar-refractivity contribution in [1.82, 2.24) is 10.2 Å². The second-order valence-electron chi connectivity index (χ2n) is 4.66. The molecule has 0 aromatic heterocycles. The number of nitrogens with one attached hydrogen (secondary N) is 1. The van der Waals surface area contributed by atoms with Crippen molar-refractivity contribution in [1.29, 1.82) is 0 Å². The summed E-state index contributed by atoms with van der Waals surface area (Å²) in [6.45, 7) is 3.99. The molecule has 0 bridgehead atoms. The minimum Gasteiger partial charge on any atom is -0.357 e. The van der Waals surface area contributed by atoms with Crippen LogP contribution in [0.4, 0.5) is 0 Å². The van der Waals surface area contributed by atoms with Crippen LogP contribution in [-0.4, -0.2) is 29.8 Å². The van der Waals surface area contributed by atoms with E-state index >= 15 is 0 Å². The molecule has 0 spiro atoms. The first-order valence-corrected chi connectivity index (χ1v) is 7.65. The first-order chi connectivity index (χ1) is 9.94. The Labute approximate surface area is 135 Å². The number of benzene rings is 1. The number of halogens is 2. The van der Waals surface area contributed by atoms with Crippen molar-refractivity contribution in [3.8, 4) is 0 Å². The lowest BCUT2D eigenvalue weighted by atomic mass is 10.1. The predicted octanol–water partition coefficient (Wildman–Crippen LogP) is 3.26. The summed E-state index contributed by atoms with van der Waals surface area (Å²) in [4.78, 5) is 25.7. The van der Waals surface area contributed by atoms with Gasteiger partial charge in [-0.05, 0) is 24.1 Å². The van der Waals surface area contributed by atoms with Crippen molar-refractivity contribution in [2.45, 2.75) is 39.3 Å². The van der Waals surface area contributed by atoms with Gasteiger partial charge in [-0.3, -0.25) is 9.59 Å². The number of rotatable bonds is 6. The Balaban J connectivity index is 3.04. The Morgan fingerprint density at radius 1 is 1.24 bits per heavy atom. The van der Waals surface area contributed by atoms with Crippen molar-refractivity contribution in [2.24, 2.45) is 0 Å². The van der Waals surface area contributed by atoms with E-state index in [9.17, 15) is 9.59 Å². The molecule has 0 heterocycles. The van der Waals surface area contributed by atoms with Gasteiger partial charge in [0.25, 0.3) is 0 Å². The van der Waals surface area contributed by atoms with Crippen molar-refractivity contribution in [2.75, 3.05) is 7.05 Å². The van der Waals surface area contributed by atoms with E-state index in [-0.39, 0.29) is 11.8 Å². The minimum absolute atomic E-state index is 0.0727. The smallest absolute Gasteiger partial charge is 0.242 e. The lowest BCUT2D eigenvalue weighted by molar-refractivity contribution is -0.141. The molecule has 0 aliphatic rings.